The van der Waals surface area contributed by atoms with Crippen LogP contribution in [0.15, 0.2) is 24.3 Å². The largest absolute Gasteiger partial charge is 0.378 e. The zero-order valence-electron chi connectivity index (χ0n) is 14.3. The van der Waals surface area contributed by atoms with Crippen molar-refractivity contribution in [2.75, 3.05) is 46.4 Å². The van der Waals surface area contributed by atoms with Crippen molar-refractivity contribution in [2.24, 2.45) is 0 Å². The minimum Gasteiger partial charge on any atom is -0.378 e. The van der Waals surface area contributed by atoms with Crippen LogP contribution < -0.4 is 0 Å². The number of carbonyl (C=O) groups excluding carboxylic acids is 1. The highest BCUT2D eigenvalue weighted by molar-refractivity contribution is 5.74. The van der Waals surface area contributed by atoms with Gasteiger partial charge in [0.1, 0.15) is 5.82 Å². The highest BCUT2D eigenvalue weighted by atomic mass is 19.1. The number of urea groups is 1. The molecule has 3 rings (SSSR count). The van der Waals surface area contributed by atoms with Crippen molar-refractivity contribution in [3.63, 3.8) is 0 Å². The third-order valence-electron chi connectivity index (χ3n) is 4.96. The number of rotatable bonds is 3. The predicted molar refractivity (Wildman–Crippen MR) is 90.3 cm³/mol. The number of amides is 2. The molecule has 0 aromatic heterocycles. The molecule has 2 heterocycles. The number of ether oxygens (including phenoxy) is 1. The van der Waals surface area contributed by atoms with Crippen LogP contribution in [-0.4, -0.2) is 73.2 Å². The van der Waals surface area contributed by atoms with E-state index in [-0.39, 0.29) is 17.9 Å². The van der Waals surface area contributed by atoms with E-state index < -0.39 is 0 Å². The molecule has 6 heteroatoms. The smallest absolute Gasteiger partial charge is 0.320 e. The van der Waals surface area contributed by atoms with Gasteiger partial charge in [-0.2, -0.15) is 0 Å². The van der Waals surface area contributed by atoms with Crippen molar-refractivity contribution in [3.05, 3.63) is 35.6 Å². The van der Waals surface area contributed by atoms with Crippen LogP contribution >= 0.6 is 0 Å². The fourth-order valence-electron chi connectivity index (χ4n) is 3.49. The van der Waals surface area contributed by atoms with Crippen LogP contribution in [0.2, 0.25) is 0 Å². The van der Waals surface area contributed by atoms with Crippen molar-refractivity contribution in [2.45, 2.75) is 25.4 Å². The second-order valence-electron chi connectivity index (χ2n) is 6.62. The summed E-state index contributed by atoms with van der Waals surface area (Å²) in [5.41, 5.74) is 0.723. The number of hydrogen-bond acceptors (Lipinski definition) is 3. The maximum Gasteiger partial charge on any atom is 0.320 e. The van der Waals surface area contributed by atoms with Crippen LogP contribution in [0.1, 0.15) is 18.4 Å². The molecule has 1 aromatic carbocycles. The molecule has 0 bridgehead atoms. The minimum absolute atomic E-state index is 0.0797. The van der Waals surface area contributed by atoms with E-state index in [1.54, 1.807) is 6.07 Å². The van der Waals surface area contributed by atoms with Gasteiger partial charge < -0.3 is 14.5 Å². The van der Waals surface area contributed by atoms with Gasteiger partial charge in [-0.05, 0) is 25.5 Å². The van der Waals surface area contributed by atoms with Gasteiger partial charge >= 0.3 is 6.03 Å². The second kappa shape index (κ2) is 7.94. The van der Waals surface area contributed by atoms with Gasteiger partial charge in [-0.25, -0.2) is 9.18 Å². The first-order chi connectivity index (χ1) is 11.6. The third kappa shape index (κ3) is 4.05. The van der Waals surface area contributed by atoms with Crippen molar-refractivity contribution in [1.82, 2.24) is 14.7 Å². The van der Waals surface area contributed by atoms with Gasteiger partial charge in [0.25, 0.3) is 0 Å². The van der Waals surface area contributed by atoms with Crippen molar-refractivity contribution < 1.29 is 13.9 Å². The number of hydrogen-bond donors (Lipinski definition) is 0. The van der Waals surface area contributed by atoms with Crippen LogP contribution in [0.4, 0.5) is 9.18 Å². The Hall–Kier alpha value is -1.66. The monoisotopic (exact) mass is 335 g/mol. The molecule has 2 fully saturated rings. The SMILES string of the molecule is CN(C(=O)N1CCOCC1)C1CCCN(Cc2ccccc2F)C1. The van der Waals surface area contributed by atoms with Crippen LogP contribution in [0.25, 0.3) is 0 Å². The number of carbonyl (C=O) groups is 1. The van der Waals surface area contributed by atoms with E-state index in [1.807, 2.05) is 29.0 Å². The number of halogens is 1. The number of likely N-dealkylation sites (tertiary alicyclic amines) is 1. The first-order valence-electron chi connectivity index (χ1n) is 8.70. The molecule has 1 atom stereocenters. The summed E-state index contributed by atoms with van der Waals surface area (Å²) >= 11 is 0. The fourth-order valence-corrected chi connectivity index (χ4v) is 3.49. The molecule has 2 aliphatic rings. The molecule has 0 saturated carbocycles. The molecule has 1 unspecified atom stereocenters. The Morgan fingerprint density at radius 2 is 2.04 bits per heavy atom. The molecular formula is C18H26FN3O2. The lowest BCUT2D eigenvalue weighted by Crippen LogP contribution is -2.54. The second-order valence-corrected chi connectivity index (χ2v) is 6.62. The quantitative estimate of drug-likeness (QED) is 0.849. The van der Waals surface area contributed by atoms with E-state index in [0.717, 1.165) is 31.5 Å². The molecule has 2 saturated heterocycles. The van der Waals surface area contributed by atoms with Gasteiger partial charge in [0.05, 0.1) is 13.2 Å². The zero-order chi connectivity index (χ0) is 16.9. The van der Waals surface area contributed by atoms with Gasteiger partial charge in [0.2, 0.25) is 0 Å². The molecule has 132 valence electrons. The van der Waals surface area contributed by atoms with Crippen LogP contribution in [0, 0.1) is 5.82 Å². The predicted octanol–water partition coefficient (Wildman–Crippen LogP) is 2.17. The van der Waals surface area contributed by atoms with Gasteiger partial charge in [-0.1, -0.05) is 18.2 Å². The first-order valence-corrected chi connectivity index (χ1v) is 8.70. The number of benzene rings is 1. The zero-order valence-corrected chi connectivity index (χ0v) is 14.3. The molecule has 0 radical (unpaired) electrons. The van der Waals surface area contributed by atoms with Crippen LogP contribution in [0.5, 0.6) is 0 Å². The average Bonchev–Trinajstić information content (AvgIpc) is 2.63. The Balaban J connectivity index is 1.58. The maximum absolute atomic E-state index is 13.9. The number of morpholine rings is 1. The molecular weight excluding hydrogens is 309 g/mol. The number of nitrogens with zero attached hydrogens (tertiary/aromatic N) is 3. The fraction of sp³-hybridized carbons (Fsp3) is 0.611. The summed E-state index contributed by atoms with van der Waals surface area (Å²) in [6.07, 6.45) is 2.03. The van der Waals surface area contributed by atoms with Crippen LogP contribution in [-0.2, 0) is 11.3 Å². The highest BCUT2D eigenvalue weighted by Crippen LogP contribution is 2.19. The first kappa shape index (κ1) is 17.2. The van der Waals surface area contributed by atoms with E-state index in [4.69, 9.17) is 4.74 Å². The number of piperidine rings is 1. The van der Waals surface area contributed by atoms with Gasteiger partial charge in [0, 0.05) is 44.8 Å². The Morgan fingerprint density at radius 1 is 1.29 bits per heavy atom. The molecule has 5 nitrogen and oxygen atoms in total. The van der Waals surface area contributed by atoms with E-state index in [0.29, 0.717) is 32.8 Å². The normalized spacial score (nSPS) is 22.4. The Labute approximate surface area is 143 Å². The van der Waals surface area contributed by atoms with Gasteiger partial charge in [-0.3, -0.25) is 4.90 Å². The topological polar surface area (TPSA) is 36.0 Å². The molecule has 0 spiro atoms. The summed E-state index contributed by atoms with van der Waals surface area (Å²) in [6, 6.07) is 7.18. The number of likely N-dealkylation sites (N-methyl/N-ethyl adjacent to an activating group) is 1. The summed E-state index contributed by atoms with van der Waals surface area (Å²) in [5.74, 6) is -0.155. The standard InChI is InChI=1S/C18H26FN3O2/c1-20(18(23)22-9-11-24-12-10-22)16-6-4-8-21(14-16)13-15-5-2-3-7-17(15)19/h2-3,5,7,16H,4,6,8-14H2,1H3. The van der Waals surface area contributed by atoms with Crippen molar-refractivity contribution in [3.8, 4) is 0 Å². The van der Waals surface area contributed by atoms with Crippen molar-refractivity contribution in [1.29, 1.82) is 0 Å². The Bertz CT molecular complexity index is 563. The average molecular weight is 335 g/mol. The van der Waals surface area contributed by atoms with Gasteiger partial charge in [-0.15, -0.1) is 0 Å². The molecule has 24 heavy (non-hydrogen) atoms. The summed E-state index contributed by atoms with van der Waals surface area (Å²) in [7, 11) is 1.88. The maximum atomic E-state index is 13.9. The van der Waals surface area contributed by atoms with E-state index in [9.17, 15) is 9.18 Å². The Kier molecular flexibility index (Phi) is 5.68. The lowest BCUT2D eigenvalue weighted by Gasteiger charge is -2.40. The van der Waals surface area contributed by atoms with E-state index in [2.05, 4.69) is 4.90 Å². The van der Waals surface area contributed by atoms with Crippen molar-refractivity contribution >= 4 is 6.03 Å². The molecule has 2 amide bonds. The summed E-state index contributed by atoms with van der Waals surface area (Å²) in [5, 5.41) is 0. The lowest BCUT2D eigenvalue weighted by atomic mass is 10.0. The summed E-state index contributed by atoms with van der Waals surface area (Å²) in [4.78, 5) is 18.6. The highest BCUT2D eigenvalue weighted by Gasteiger charge is 2.29. The molecule has 0 N–H and O–H groups in total. The summed E-state index contributed by atoms with van der Waals surface area (Å²) < 4.78 is 19.2. The molecule has 0 aliphatic carbocycles. The molecule has 1 aromatic rings. The lowest BCUT2D eigenvalue weighted by molar-refractivity contribution is 0.0365. The van der Waals surface area contributed by atoms with E-state index in [1.165, 1.54) is 6.07 Å². The Morgan fingerprint density at radius 3 is 2.79 bits per heavy atom. The van der Waals surface area contributed by atoms with Gasteiger partial charge in [0.15, 0.2) is 0 Å². The third-order valence-corrected chi connectivity index (χ3v) is 4.96. The minimum atomic E-state index is -0.155. The molecule has 2 aliphatic heterocycles. The van der Waals surface area contributed by atoms with Crippen LogP contribution in [0.3, 0.4) is 0 Å². The summed E-state index contributed by atoms with van der Waals surface area (Å²) in [6.45, 7) is 4.89. The van der Waals surface area contributed by atoms with E-state index >= 15 is 0 Å².